The number of ether oxygens (including phenoxy) is 3. The molecule has 1 N–H and O–H groups in total. The number of amides is 1. The second-order valence-corrected chi connectivity index (χ2v) is 8.52. The fraction of sp³-hybridized carbons (Fsp3) is 0.370. The monoisotopic (exact) mass is 453 g/mol. The van der Waals surface area contributed by atoms with E-state index in [-0.39, 0.29) is 18.1 Å². The van der Waals surface area contributed by atoms with E-state index >= 15 is 0 Å². The summed E-state index contributed by atoms with van der Waals surface area (Å²) in [5, 5.41) is 2.98. The van der Waals surface area contributed by atoms with Crippen LogP contribution < -0.4 is 19.5 Å². The predicted molar refractivity (Wildman–Crippen MR) is 130 cm³/mol. The summed E-state index contributed by atoms with van der Waals surface area (Å²) >= 11 is 0. The number of hydrogen-bond donors (Lipinski definition) is 1. The number of allylic oxidation sites excluding steroid dienone is 2. The smallest absolute Gasteiger partial charge is 0.224 e. The molecule has 0 bridgehead atoms. The van der Waals surface area contributed by atoms with E-state index in [9.17, 15) is 9.18 Å². The molecule has 33 heavy (non-hydrogen) atoms. The largest absolute Gasteiger partial charge is 0.493 e. The minimum Gasteiger partial charge on any atom is -0.493 e. The molecule has 5 nitrogen and oxygen atoms in total. The van der Waals surface area contributed by atoms with E-state index in [0.29, 0.717) is 29.7 Å². The molecule has 1 aliphatic rings. The highest BCUT2D eigenvalue weighted by atomic mass is 19.1. The van der Waals surface area contributed by atoms with Crippen LogP contribution in [0.15, 0.2) is 35.9 Å². The molecule has 0 aromatic heterocycles. The average molecular weight is 454 g/mol. The highest BCUT2D eigenvalue weighted by Crippen LogP contribution is 2.45. The molecule has 0 spiro atoms. The van der Waals surface area contributed by atoms with Gasteiger partial charge in [0.05, 0.1) is 27.8 Å². The summed E-state index contributed by atoms with van der Waals surface area (Å²) in [6, 6.07) is 8.44. The summed E-state index contributed by atoms with van der Waals surface area (Å²) in [5.41, 5.74) is 5.22. The van der Waals surface area contributed by atoms with Crippen molar-refractivity contribution in [2.75, 3.05) is 27.9 Å². The van der Waals surface area contributed by atoms with E-state index in [1.165, 1.54) is 12.1 Å². The van der Waals surface area contributed by atoms with Crippen LogP contribution in [0, 0.1) is 11.7 Å². The molecule has 2 aromatic carbocycles. The van der Waals surface area contributed by atoms with Gasteiger partial charge in [0.15, 0.2) is 11.5 Å². The molecule has 0 radical (unpaired) electrons. The van der Waals surface area contributed by atoms with Crippen LogP contribution in [-0.2, 0) is 4.79 Å². The van der Waals surface area contributed by atoms with Crippen molar-refractivity contribution < 1.29 is 23.4 Å². The van der Waals surface area contributed by atoms with Crippen LogP contribution in [0.3, 0.4) is 0 Å². The third kappa shape index (κ3) is 5.38. The Morgan fingerprint density at radius 3 is 2.27 bits per heavy atom. The zero-order chi connectivity index (χ0) is 24.1. The number of carbonyl (C=O) groups excluding carboxylic acids is 1. The van der Waals surface area contributed by atoms with Crippen LogP contribution >= 0.6 is 0 Å². The van der Waals surface area contributed by atoms with Crippen LogP contribution in [0.1, 0.15) is 50.3 Å². The summed E-state index contributed by atoms with van der Waals surface area (Å²) in [5.74, 6) is 1.74. The summed E-state index contributed by atoms with van der Waals surface area (Å²) in [7, 11) is 4.71. The van der Waals surface area contributed by atoms with Gasteiger partial charge >= 0.3 is 0 Å². The lowest BCUT2D eigenvalue weighted by atomic mass is 10.00. The van der Waals surface area contributed by atoms with Gasteiger partial charge in [-0.25, -0.2) is 4.39 Å². The molecule has 0 fully saturated rings. The molecule has 1 amide bonds. The summed E-state index contributed by atoms with van der Waals surface area (Å²) < 4.78 is 30.5. The molecule has 1 aliphatic carbocycles. The Labute approximate surface area is 195 Å². The molecule has 0 saturated heterocycles. The fourth-order valence-electron chi connectivity index (χ4n) is 4.06. The second kappa shape index (κ2) is 10.6. The number of carbonyl (C=O) groups is 1. The van der Waals surface area contributed by atoms with Crippen molar-refractivity contribution in [2.45, 2.75) is 33.6 Å². The van der Waals surface area contributed by atoms with Crippen molar-refractivity contribution in [1.29, 1.82) is 0 Å². The second-order valence-electron chi connectivity index (χ2n) is 8.52. The zero-order valence-electron chi connectivity index (χ0n) is 20.2. The Hall–Kier alpha value is -3.28. The van der Waals surface area contributed by atoms with Gasteiger partial charge in [-0.15, -0.1) is 0 Å². The first-order valence-electron chi connectivity index (χ1n) is 11.1. The maximum absolute atomic E-state index is 14.1. The van der Waals surface area contributed by atoms with Gasteiger partial charge in [0.1, 0.15) is 5.82 Å². The first kappa shape index (κ1) is 24.4. The quantitative estimate of drug-likeness (QED) is 0.527. The Balaban J connectivity index is 2.02. The van der Waals surface area contributed by atoms with Crippen molar-refractivity contribution in [1.82, 2.24) is 5.32 Å². The van der Waals surface area contributed by atoms with Gasteiger partial charge in [0.2, 0.25) is 11.7 Å². The van der Waals surface area contributed by atoms with Gasteiger partial charge in [-0.05, 0) is 83.0 Å². The molecular weight excluding hydrogens is 421 g/mol. The molecule has 3 rings (SSSR count). The lowest BCUT2D eigenvalue weighted by Gasteiger charge is -2.13. The molecular formula is C27H32FNO4. The molecule has 0 heterocycles. The minimum absolute atomic E-state index is 0.0609. The van der Waals surface area contributed by atoms with Crippen LogP contribution in [0.25, 0.3) is 17.2 Å². The fourth-order valence-corrected chi connectivity index (χ4v) is 4.06. The first-order valence-corrected chi connectivity index (χ1v) is 11.1. The Bertz CT molecular complexity index is 1080. The van der Waals surface area contributed by atoms with Gasteiger partial charge in [-0.3, -0.25) is 4.79 Å². The maximum Gasteiger partial charge on any atom is 0.224 e. The number of nitrogens with one attached hydrogen (secondary N) is 1. The number of hydrogen-bond acceptors (Lipinski definition) is 4. The van der Waals surface area contributed by atoms with Gasteiger partial charge in [0, 0.05) is 6.54 Å². The summed E-state index contributed by atoms with van der Waals surface area (Å²) in [6.45, 7) is 6.84. The molecule has 0 saturated carbocycles. The van der Waals surface area contributed by atoms with Crippen LogP contribution in [-0.4, -0.2) is 33.8 Å². The third-order valence-corrected chi connectivity index (χ3v) is 5.83. The first-order chi connectivity index (χ1) is 15.8. The highest BCUT2D eigenvalue weighted by Gasteiger charge is 2.26. The third-order valence-electron chi connectivity index (χ3n) is 5.83. The van der Waals surface area contributed by atoms with Crippen molar-refractivity contribution in [3.05, 3.63) is 58.4 Å². The minimum atomic E-state index is -0.326. The summed E-state index contributed by atoms with van der Waals surface area (Å²) in [4.78, 5) is 12.6. The lowest BCUT2D eigenvalue weighted by molar-refractivity contribution is -0.120. The van der Waals surface area contributed by atoms with Crippen molar-refractivity contribution in [2.24, 2.45) is 5.92 Å². The highest BCUT2D eigenvalue weighted by molar-refractivity contribution is 6.08. The normalized spacial score (nSPS) is 14.0. The standard InChI is InChI=1S/C27H32FNO4/c1-16(2)9-10-29-26(30)15-22-17(3)21(20-8-7-19(28)14-23(20)22)11-18-12-24(31-4)27(33-6)25(13-18)32-5/h7-8,11-14,16H,9-10,15H2,1-6H3,(H,29,30)/b21-11-. The number of fused-ring (bicyclic) bond motifs is 1. The zero-order valence-corrected chi connectivity index (χ0v) is 20.2. The van der Waals surface area contributed by atoms with Crippen LogP contribution in [0.5, 0.6) is 17.2 Å². The van der Waals surface area contributed by atoms with Gasteiger partial charge in [-0.1, -0.05) is 19.9 Å². The topological polar surface area (TPSA) is 56.8 Å². The number of benzene rings is 2. The Morgan fingerprint density at radius 1 is 1.03 bits per heavy atom. The molecule has 0 unspecified atom stereocenters. The average Bonchev–Trinajstić information content (AvgIpc) is 3.03. The SMILES string of the molecule is COc1cc(/C=C2/C(C)=C(CC(=O)NCCC(C)C)c3cc(F)ccc32)cc(OC)c1OC. The predicted octanol–water partition coefficient (Wildman–Crippen LogP) is 5.73. The molecule has 0 atom stereocenters. The van der Waals surface area contributed by atoms with E-state index in [0.717, 1.165) is 39.8 Å². The Morgan fingerprint density at radius 2 is 1.70 bits per heavy atom. The van der Waals surface area contributed by atoms with Crippen LogP contribution in [0.4, 0.5) is 4.39 Å². The van der Waals surface area contributed by atoms with E-state index in [1.807, 2.05) is 25.1 Å². The van der Waals surface area contributed by atoms with E-state index in [2.05, 4.69) is 19.2 Å². The van der Waals surface area contributed by atoms with Crippen LogP contribution in [0.2, 0.25) is 0 Å². The number of methoxy groups -OCH3 is 3. The maximum atomic E-state index is 14.1. The van der Waals surface area contributed by atoms with Gasteiger partial charge in [-0.2, -0.15) is 0 Å². The number of halogens is 1. The molecule has 0 aliphatic heterocycles. The summed E-state index contributed by atoms with van der Waals surface area (Å²) in [6.07, 6.45) is 3.12. The van der Waals surface area contributed by atoms with Crippen molar-refractivity contribution in [3.8, 4) is 17.2 Å². The van der Waals surface area contributed by atoms with Gasteiger partial charge in [0.25, 0.3) is 0 Å². The van der Waals surface area contributed by atoms with E-state index in [1.54, 1.807) is 27.4 Å². The number of rotatable bonds is 9. The van der Waals surface area contributed by atoms with Crippen molar-refractivity contribution in [3.63, 3.8) is 0 Å². The van der Waals surface area contributed by atoms with Gasteiger partial charge < -0.3 is 19.5 Å². The molecule has 2 aromatic rings. The van der Waals surface area contributed by atoms with Crippen molar-refractivity contribution >= 4 is 23.1 Å². The molecule has 176 valence electrons. The molecule has 6 heteroatoms. The lowest BCUT2D eigenvalue weighted by Crippen LogP contribution is -2.25. The van der Waals surface area contributed by atoms with E-state index in [4.69, 9.17) is 14.2 Å². The Kier molecular flexibility index (Phi) is 7.79. The van der Waals surface area contributed by atoms with E-state index < -0.39 is 0 Å².